The van der Waals surface area contributed by atoms with Crippen LogP contribution in [-0.4, -0.2) is 53.6 Å². The van der Waals surface area contributed by atoms with E-state index in [1.165, 1.54) is 55.9 Å². The predicted octanol–water partition coefficient (Wildman–Crippen LogP) is 7.55. The van der Waals surface area contributed by atoms with Crippen LogP contribution in [0.3, 0.4) is 0 Å². The molecule has 0 radical (unpaired) electrons. The van der Waals surface area contributed by atoms with Gasteiger partial charge in [0.25, 0.3) is 11.8 Å². The third-order valence-corrected chi connectivity index (χ3v) is 8.87. The molecule has 5 aromatic rings. The van der Waals surface area contributed by atoms with E-state index in [1.807, 2.05) is 0 Å². The van der Waals surface area contributed by atoms with Crippen molar-refractivity contribution in [3.8, 4) is 17.2 Å². The summed E-state index contributed by atoms with van der Waals surface area (Å²) in [4.78, 5) is 55.0. The zero-order valence-corrected chi connectivity index (χ0v) is 29.2. The quantitative estimate of drug-likeness (QED) is 0.0505. The van der Waals surface area contributed by atoms with Crippen LogP contribution in [0.5, 0.6) is 17.2 Å². The van der Waals surface area contributed by atoms with Crippen LogP contribution in [0.25, 0.3) is 10.2 Å². The van der Waals surface area contributed by atoms with Gasteiger partial charge in [0.2, 0.25) is 0 Å². The Hall–Kier alpha value is -5.75. The molecular weight excluding hydrogens is 671 g/mol. The summed E-state index contributed by atoms with van der Waals surface area (Å²) in [6.45, 7) is 2.79. The highest BCUT2D eigenvalue weighted by Gasteiger charge is 2.23. The standard InChI is InChI=1S/C39H39N3O8S/c1-3-4-5-6-7-20-49-30-16-11-27(12-17-30)39(47)50-33-19-8-25(22-34(33)48-2)21-32(38(45)46)42-36(43)26-9-14-29(15-10-26)41-37(44)28-13-18-31-35(23-28)51-24-40-31/h8-19,22-24,32H,3-7,20-21H2,1-2H3,(H,41,44)(H,42,43)(H,45,46). The largest absolute Gasteiger partial charge is 0.494 e. The lowest BCUT2D eigenvalue weighted by molar-refractivity contribution is -0.139. The van der Waals surface area contributed by atoms with Gasteiger partial charge in [-0.25, -0.2) is 14.6 Å². The number of carboxylic acid groups (broad SMARTS) is 1. The number of carbonyl (C=O) groups is 4. The normalized spacial score (nSPS) is 11.4. The molecule has 1 atom stereocenters. The number of ether oxygens (including phenoxy) is 3. The van der Waals surface area contributed by atoms with Gasteiger partial charge in [0.1, 0.15) is 11.8 Å². The molecule has 0 aliphatic carbocycles. The van der Waals surface area contributed by atoms with E-state index in [1.54, 1.807) is 72.2 Å². The molecule has 0 aliphatic rings. The van der Waals surface area contributed by atoms with Crippen LogP contribution in [-0.2, 0) is 11.2 Å². The number of hydrogen-bond acceptors (Lipinski definition) is 9. The number of aromatic nitrogens is 1. The minimum atomic E-state index is -1.27. The molecule has 1 unspecified atom stereocenters. The number of aliphatic carboxylic acids is 1. The van der Waals surface area contributed by atoms with E-state index < -0.39 is 23.9 Å². The molecular formula is C39H39N3O8S. The van der Waals surface area contributed by atoms with Crippen molar-refractivity contribution < 1.29 is 38.5 Å². The van der Waals surface area contributed by atoms with E-state index in [-0.39, 0.29) is 29.4 Å². The van der Waals surface area contributed by atoms with Crippen molar-refractivity contribution in [1.82, 2.24) is 10.3 Å². The average molecular weight is 710 g/mol. The van der Waals surface area contributed by atoms with Gasteiger partial charge < -0.3 is 30.0 Å². The number of nitrogens with zero attached hydrogens (tertiary/aromatic N) is 1. The number of nitrogens with one attached hydrogen (secondary N) is 2. The second kappa shape index (κ2) is 17.8. The number of methoxy groups -OCH3 is 1. The van der Waals surface area contributed by atoms with E-state index in [0.717, 1.165) is 23.1 Å². The molecule has 0 saturated heterocycles. The topological polar surface area (TPSA) is 153 Å². The third kappa shape index (κ3) is 10.1. The van der Waals surface area contributed by atoms with Crippen LogP contribution in [0.2, 0.25) is 0 Å². The maximum Gasteiger partial charge on any atom is 0.343 e. The molecule has 1 aromatic heterocycles. The number of carboxylic acids is 1. The van der Waals surface area contributed by atoms with Crippen molar-refractivity contribution in [1.29, 1.82) is 0 Å². The minimum absolute atomic E-state index is 0.0655. The molecule has 11 nitrogen and oxygen atoms in total. The van der Waals surface area contributed by atoms with Gasteiger partial charge >= 0.3 is 11.9 Å². The molecule has 4 aromatic carbocycles. The summed E-state index contributed by atoms with van der Waals surface area (Å²) >= 11 is 1.44. The first kappa shape index (κ1) is 36.5. The third-order valence-electron chi connectivity index (χ3n) is 8.08. The number of benzene rings is 4. The Labute approximate surface area is 299 Å². The maximum absolute atomic E-state index is 13.0. The van der Waals surface area contributed by atoms with Crippen LogP contribution in [0.15, 0.2) is 90.4 Å². The van der Waals surface area contributed by atoms with Gasteiger partial charge in [0.15, 0.2) is 11.5 Å². The second-order valence-electron chi connectivity index (χ2n) is 11.8. The molecule has 5 rings (SSSR count). The summed E-state index contributed by atoms with van der Waals surface area (Å²) in [5.74, 6) is -1.68. The molecule has 0 saturated carbocycles. The number of rotatable bonds is 17. The average Bonchev–Trinajstić information content (AvgIpc) is 3.62. The van der Waals surface area contributed by atoms with Crippen LogP contribution < -0.4 is 24.8 Å². The molecule has 1 heterocycles. The number of unbranched alkanes of at least 4 members (excludes halogenated alkanes) is 4. The highest BCUT2D eigenvalue weighted by atomic mass is 32.1. The Balaban J connectivity index is 1.14. The Kier molecular flexibility index (Phi) is 12.7. The number of hydrogen-bond donors (Lipinski definition) is 3. The summed E-state index contributed by atoms with van der Waals surface area (Å²) in [6.07, 6.45) is 5.64. The Morgan fingerprint density at radius 3 is 2.25 bits per heavy atom. The fraction of sp³-hybridized carbons (Fsp3) is 0.256. The van der Waals surface area contributed by atoms with Crippen LogP contribution in [0.1, 0.15) is 75.7 Å². The lowest BCUT2D eigenvalue weighted by Crippen LogP contribution is -2.42. The number of anilines is 1. The van der Waals surface area contributed by atoms with Gasteiger partial charge in [-0.05, 0) is 90.8 Å². The molecule has 3 N–H and O–H groups in total. The van der Waals surface area contributed by atoms with E-state index in [4.69, 9.17) is 14.2 Å². The van der Waals surface area contributed by atoms with Gasteiger partial charge in [0.05, 0.1) is 35.0 Å². The predicted molar refractivity (Wildman–Crippen MR) is 195 cm³/mol. The Bertz CT molecular complexity index is 1980. The highest BCUT2D eigenvalue weighted by Crippen LogP contribution is 2.30. The minimum Gasteiger partial charge on any atom is -0.494 e. The number of carbonyl (C=O) groups excluding carboxylic acids is 3. The fourth-order valence-electron chi connectivity index (χ4n) is 5.25. The molecule has 0 spiro atoms. The number of fused-ring (bicyclic) bond motifs is 1. The monoisotopic (exact) mass is 709 g/mol. The summed E-state index contributed by atoms with van der Waals surface area (Å²) < 4.78 is 17.7. The van der Waals surface area contributed by atoms with E-state index in [2.05, 4.69) is 22.5 Å². The number of amides is 2. The lowest BCUT2D eigenvalue weighted by atomic mass is 10.0. The van der Waals surface area contributed by atoms with Crippen molar-refractivity contribution in [3.05, 3.63) is 113 Å². The van der Waals surface area contributed by atoms with Crippen molar-refractivity contribution >= 4 is 51.0 Å². The maximum atomic E-state index is 13.0. The van der Waals surface area contributed by atoms with E-state index >= 15 is 0 Å². The van der Waals surface area contributed by atoms with Crippen LogP contribution in [0, 0.1) is 0 Å². The Morgan fingerprint density at radius 1 is 0.804 bits per heavy atom. The van der Waals surface area contributed by atoms with Gasteiger partial charge in [-0.3, -0.25) is 9.59 Å². The lowest BCUT2D eigenvalue weighted by Gasteiger charge is -2.16. The highest BCUT2D eigenvalue weighted by molar-refractivity contribution is 7.16. The summed E-state index contributed by atoms with van der Waals surface area (Å²) in [5.41, 5.74) is 4.55. The molecule has 0 aliphatic heterocycles. The fourth-order valence-corrected chi connectivity index (χ4v) is 5.96. The van der Waals surface area contributed by atoms with Crippen molar-refractivity contribution in [2.75, 3.05) is 19.0 Å². The second-order valence-corrected chi connectivity index (χ2v) is 12.7. The van der Waals surface area contributed by atoms with E-state index in [0.29, 0.717) is 34.7 Å². The first-order valence-electron chi connectivity index (χ1n) is 16.6. The van der Waals surface area contributed by atoms with Crippen molar-refractivity contribution in [2.24, 2.45) is 0 Å². The zero-order chi connectivity index (χ0) is 36.2. The molecule has 0 bridgehead atoms. The first-order valence-corrected chi connectivity index (χ1v) is 17.5. The van der Waals surface area contributed by atoms with E-state index in [9.17, 15) is 24.3 Å². The molecule has 264 valence electrons. The molecule has 0 fully saturated rings. The van der Waals surface area contributed by atoms with Gasteiger partial charge in [-0.15, -0.1) is 11.3 Å². The SMILES string of the molecule is CCCCCCCOc1ccc(C(=O)Oc2ccc(CC(NC(=O)c3ccc(NC(=O)c4ccc5ncsc5c4)cc3)C(=O)O)cc2OC)cc1. The smallest absolute Gasteiger partial charge is 0.343 e. The summed E-state index contributed by atoms with van der Waals surface area (Å²) in [7, 11) is 1.41. The summed E-state index contributed by atoms with van der Waals surface area (Å²) in [6, 6.07) is 21.5. The van der Waals surface area contributed by atoms with Crippen LogP contribution in [0.4, 0.5) is 5.69 Å². The van der Waals surface area contributed by atoms with Gasteiger partial charge in [-0.1, -0.05) is 38.7 Å². The van der Waals surface area contributed by atoms with Crippen molar-refractivity contribution in [3.63, 3.8) is 0 Å². The van der Waals surface area contributed by atoms with Crippen LogP contribution >= 0.6 is 11.3 Å². The van der Waals surface area contributed by atoms with Gasteiger partial charge in [0, 0.05) is 23.2 Å². The Morgan fingerprint density at radius 2 is 1.53 bits per heavy atom. The summed E-state index contributed by atoms with van der Waals surface area (Å²) in [5, 5.41) is 15.2. The first-order chi connectivity index (χ1) is 24.7. The molecule has 2 amide bonds. The van der Waals surface area contributed by atoms with Crippen molar-refractivity contribution in [2.45, 2.75) is 51.5 Å². The number of esters is 1. The molecule has 51 heavy (non-hydrogen) atoms. The molecule has 12 heteroatoms. The number of thiazole rings is 1. The van der Waals surface area contributed by atoms with Gasteiger partial charge in [-0.2, -0.15) is 0 Å². The zero-order valence-electron chi connectivity index (χ0n) is 28.3.